The van der Waals surface area contributed by atoms with Gasteiger partial charge < -0.3 is 13.6 Å². The molecule has 5 nitrogen and oxygen atoms in total. The molecule has 3 heterocycles. The van der Waals surface area contributed by atoms with Crippen molar-refractivity contribution in [3.05, 3.63) is 142 Å². The van der Waals surface area contributed by atoms with E-state index in [-0.39, 0.29) is 11.8 Å². The zero-order valence-electron chi connectivity index (χ0n) is 28.1. The lowest BCUT2D eigenvalue weighted by Crippen LogP contribution is -2.12. The quantitative estimate of drug-likeness (QED) is 0.169. The van der Waals surface area contributed by atoms with Crippen LogP contribution in [0, 0.1) is 34.5 Å². The second-order valence-electron chi connectivity index (χ2n) is 13.7. The first kappa shape index (κ1) is 30.1. The van der Waals surface area contributed by atoms with Crippen molar-refractivity contribution in [2.24, 2.45) is 11.8 Å². The summed E-state index contributed by atoms with van der Waals surface area (Å²) in [7, 11) is 0. The van der Waals surface area contributed by atoms with Gasteiger partial charge in [0.15, 0.2) is 5.76 Å². The highest BCUT2D eigenvalue weighted by Gasteiger charge is 2.35. The molecule has 0 fully saturated rings. The number of aromatic nitrogens is 2. The SMILES string of the molecule is CC(C#N)/C=C\C=C(/C[C@@H]1C=Cc2c(c3c(n2-c2ccccc2)-c2oc4c(c2CC3)CCC=C4)C1)n1c2ccccc2c2cc(C#N)ccc21. The first-order chi connectivity index (χ1) is 24.6. The van der Waals surface area contributed by atoms with E-state index in [1.165, 1.54) is 33.6 Å². The molecule has 242 valence electrons. The zero-order chi connectivity index (χ0) is 33.8. The molecule has 2 atom stereocenters. The molecule has 0 amide bonds. The predicted molar refractivity (Wildman–Crippen MR) is 201 cm³/mol. The van der Waals surface area contributed by atoms with Gasteiger partial charge in [0.1, 0.15) is 5.76 Å². The Morgan fingerprint density at radius 3 is 2.58 bits per heavy atom. The Bertz CT molecular complexity index is 2530. The molecule has 0 N–H and O–H groups in total. The molecule has 3 aromatic heterocycles. The van der Waals surface area contributed by atoms with E-state index in [1.807, 2.05) is 31.2 Å². The van der Waals surface area contributed by atoms with Crippen molar-refractivity contribution < 1.29 is 4.42 Å². The summed E-state index contributed by atoms with van der Waals surface area (Å²) in [4.78, 5) is 0. The van der Waals surface area contributed by atoms with Gasteiger partial charge in [-0.2, -0.15) is 10.5 Å². The number of rotatable bonds is 6. The van der Waals surface area contributed by atoms with Crippen molar-refractivity contribution in [2.75, 3.05) is 0 Å². The van der Waals surface area contributed by atoms with E-state index in [2.05, 4.69) is 112 Å². The molecule has 3 aromatic carbocycles. The molecule has 0 aliphatic heterocycles. The van der Waals surface area contributed by atoms with Crippen LogP contribution in [0.15, 0.2) is 108 Å². The molecule has 0 spiro atoms. The third kappa shape index (κ3) is 4.81. The normalized spacial score (nSPS) is 16.9. The largest absolute Gasteiger partial charge is 0.455 e. The van der Waals surface area contributed by atoms with Crippen LogP contribution in [0.25, 0.3) is 56.8 Å². The number of allylic oxidation sites excluding steroid dienone is 6. The van der Waals surface area contributed by atoms with Crippen LogP contribution < -0.4 is 0 Å². The van der Waals surface area contributed by atoms with E-state index in [0.29, 0.717) is 5.56 Å². The molecule has 5 heteroatoms. The predicted octanol–water partition coefficient (Wildman–Crippen LogP) is 10.6. The Balaban J connectivity index is 1.17. The molecule has 1 unspecified atom stereocenters. The Morgan fingerprint density at radius 2 is 1.72 bits per heavy atom. The van der Waals surface area contributed by atoms with Crippen molar-refractivity contribution in [1.29, 1.82) is 10.5 Å². The van der Waals surface area contributed by atoms with Crippen LogP contribution in [0.1, 0.15) is 59.0 Å². The number of nitriles is 2. The molecule has 0 bridgehead atoms. The molecular formula is C45H36N4O. The summed E-state index contributed by atoms with van der Waals surface area (Å²) in [5, 5.41) is 21.4. The summed E-state index contributed by atoms with van der Waals surface area (Å²) in [5.41, 5.74) is 13.2. The third-order valence-electron chi connectivity index (χ3n) is 10.7. The highest BCUT2D eigenvalue weighted by molar-refractivity contribution is 6.10. The second-order valence-corrected chi connectivity index (χ2v) is 13.7. The highest BCUT2D eigenvalue weighted by atomic mass is 16.3. The van der Waals surface area contributed by atoms with Crippen LogP contribution >= 0.6 is 0 Å². The van der Waals surface area contributed by atoms with Gasteiger partial charge in [-0.15, -0.1) is 0 Å². The van der Waals surface area contributed by atoms with Crippen molar-refractivity contribution in [1.82, 2.24) is 9.13 Å². The lowest BCUT2D eigenvalue weighted by Gasteiger charge is -2.22. The molecule has 6 aromatic rings. The van der Waals surface area contributed by atoms with Crippen LogP contribution in [0.5, 0.6) is 0 Å². The van der Waals surface area contributed by atoms with E-state index in [0.717, 1.165) is 83.2 Å². The number of benzene rings is 3. The smallest absolute Gasteiger partial charge is 0.155 e. The summed E-state index contributed by atoms with van der Waals surface area (Å²) >= 11 is 0. The van der Waals surface area contributed by atoms with Gasteiger partial charge in [-0.3, -0.25) is 0 Å². The molecule has 3 aliphatic carbocycles. The van der Waals surface area contributed by atoms with E-state index in [9.17, 15) is 10.5 Å². The fourth-order valence-corrected chi connectivity index (χ4v) is 8.42. The average Bonchev–Trinajstić information content (AvgIpc) is 3.82. The van der Waals surface area contributed by atoms with Gasteiger partial charge >= 0.3 is 0 Å². The number of para-hydroxylation sites is 2. The van der Waals surface area contributed by atoms with Crippen LogP contribution in [-0.2, 0) is 25.7 Å². The monoisotopic (exact) mass is 648 g/mol. The third-order valence-corrected chi connectivity index (χ3v) is 10.7. The Hall–Kier alpha value is -6.04. The molecule has 50 heavy (non-hydrogen) atoms. The number of hydrogen-bond donors (Lipinski definition) is 0. The van der Waals surface area contributed by atoms with Crippen molar-refractivity contribution in [2.45, 2.75) is 45.4 Å². The van der Waals surface area contributed by atoms with Crippen LogP contribution in [0.2, 0.25) is 0 Å². The van der Waals surface area contributed by atoms with Crippen molar-refractivity contribution in [3.63, 3.8) is 0 Å². The standard InChI is InChI=1S/C45H36N4O/c1-29(27-46)10-9-13-33(48-40-16-7-5-14-34(40)38-26-31(28-47)19-23-41(38)48)24-30-18-22-42-39(25-30)36-20-21-37-35-15-6-8-17-43(35)50-45(37)44(36)49(42)32-11-3-2-4-12-32/h2-5,7-14,16-19,22-23,26,29-30H,6,15,20-21,24-25H2,1H3/b10-9-,33-13+/t29?,30-/m0/s1. The molecule has 9 rings (SSSR count). The highest BCUT2D eigenvalue weighted by Crippen LogP contribution is 2.47. The Kier molecular flexibility index (Phi) is 7.29. The second kappa shape index (κ2) is 12.1. The molecule has 0 radical (unpaired) electrons. The number of nitrogens with zero attached hydrogens (tertiary/aromatic N) is 4. The van der Waals surface area contributed by atoms with E-state index in [4.69, 9.17) is 4.42 Å². The first-order valence-electron chi connectivity index (χ1n) is 17.6. The summed E-state index contributed by atoms with van der Waals surface area (Å²) in [6.07, 6.45) is 21.2. The molecule has 3 aliphatic rings. The van der Waals surface area contributed by atoms with Crippen LogP contribution in [-0.4, -0.2) is 9.13 Å². The maximum absolute atomic E-state index is 9.71. The Morgan fingerprint density at radius 1 is 0.900 bits per heavy atom. The summed E-state index contributed by atoms with van der Waals surface area (Å²) < 4.78 is 11.5. The maximum atomic E-state index is 9.71. The topological polar surface area (TPSA) is 70.6 Å². The van der Waals surface area contributed by atoms with Gasteiger partial charge in [-0.05, 0) is 117 Å². The lowest BCUT2D eigenvalue weighted by molar-refractivity contribution is 0.557. The van der Waals surface area contributed by atoms with Gasteiger partial charge in [-0.1, -0.05) is 60.7 Å². The molecular weight excluding hydrogens is 613 g/mol. The summed E-state index contributed by atoms with van der Waals surface area (Å²) in [5.74, 6) is 2.15. The van der Waals surface area contributed by atoms with Gasteiger partial charge in [0.05, 0.1) is 40.3 Å². The summed E-state index contributed by atoms with van der Waals surface area (Å²) in [6, 6.07) is 29.8. The number of hydrogen-bond acceptors (Lipinski definition) is 3. The first-order valence-corrected chi connectivity index (χ1v) is 17.6. The summed E-state index contributed by atoms with van der Waals surface area (Å²) in [6.45, 7) is 1.91. The van der Waals surface area contributed by atoms with Gasteiger partial charge in [0.2, 0.25) is 0 Å². The zero-order valence-corrected chi connectivity index (χ0v) is 28.1. The van der Waals surface area contributed by atoms with Crippen molar-refractivity contribution >= 4 is 39.7 Å². The Labute approximate surface area is 292 Å². The fourth-order valence-electron chi connectivity index (χ4n) is 8.42. The van der Waals surface area contributed by atoms with E-state index >= 15 is 0 Å². The minimum absolute atomic E-state index is 0.183. The van der Waals surface area contributed by atoms with Crippen LogP contribution in [0.4, 0.5) is 0 Å². The van der Waals surface area contributed by atoms with E-state index in [1.54, 1.807) is 0 Å². The van der Waals surface area contributed by atoms with Gasteiger partial charge in [0.25, 0.3) is 0 Å². The number of furan rings is 1. The molecule has 0 saturated heterocycles. The average molecular weight is 649 g/mol. The molecule has 0 saturated carbocycles. The fraction of sp³-hybridized carbons (Fsp3) is 0.200. The number of fused-ring (bicyclic) bond motifs is 10. The van der Waals surface area contributed by atoms with Crippen LogP contribution in [0.3, 0.4) is 0 Å². The minimum atomic E-state index is -0.183. The lowest BCUT2D eigenvalue weighted by atomic mass is 9.83. The van der Waals surface area contributed by atoms with E-state index < -0.39 is 0 Å². The minimum Gasteiger partial charge on any atom is -0.455 e. The maximum Gasteiger partial charge on any atom is 0.155 e. The van der Waals surface area contributed by atoms with Crippen molar-refractivity contribution in [3.8, 4) is 29.3 Å². The van der Waals surface area contributed by atoms with Gasteiger partial charge in [-0.25, -0.2) is 0 Å². The van der Waals surface area contributed by atoms with Gasteiger partial charge in [0, 0.05) is 39.0 Å².